The van der Waals surface area contributed by atoms with Crippen LogP contribution in [0.2, 0.25) is 0 Å². The summed E-state index contributed by atoms with van der Waals surface area (Å²) >= 11 is 0. The van der Waals surface area contributed by atoms with Crippen LogP contribution in [0.4, 0.5) is 0 Å². The van der Waals surface area contributed by atoms with Crippen LogP contribution in [0.15, 0.2) is 41.8 Å². The highest BCUT2D eigenvalue weighted by Crippen LogP contribution is 2.06. The van der Waals surface area contributed by atoms with Crippen LogP contribution in [0.1, 0.15) is 15.9 Å². The van der Waals surface area contributed by atoms with E-state index in [0.29, 0.717) is 5.56 Å². The third-order valence-corrected chi connectivity index (χ3v) is 3.90. The second-order valence-corrected chi connectivity index (χ2v) is 5.84. The molecule has 2 aromatic rings. The van der Waals surface area contributed by atoms with Crippen LogP contribution in [0.5, 0.6) is 0 Å². The number of nitrogens with zero attached hydrogens (tertiary/aromatic N) is 2. The Balaban J connectivity index is 2.32. The van der Waals surface area contributed by atoms with Gasteiger partial charge in [-0.15, -0.1) is 0 Å². The van der Waals surface area contributed by atoms with Crippen molar-refractivity contribution in [1.29, 1.82) is 0 Å². The molecule has 20 heavy (non-hydrogen) atoms. The van der Waals surface area contributed by atoms with E-state index in [9.17, 15) is 17.8 Å². The monoisotopic (exact) mass is 294 g/mol. The van der Waals surface area contributed by atoms with Crippen LogP contribution in [0.25, 0.3) is 0 Å². The van der Waals surface area contributed by atoms with Gasteiger partial charge in [0.2, 0.25) is 15.9 Å². The van der Waals surface area contributed by atoms with E-state index in [1.807, 2.05) is 6.92 Å². The van der Waals surface area contributed by atoms with Gasteiger partial charge in [0.25, 0.3) is 0 Å². The summed E-state index contributed by atoms with van der Waals surface area (Å²) < 4.78 is 35.9. The molecule has 1 heterocycles. The smallest absolute Gasteiger partial charge is 0.363 e. The first kappa shape index (κ1) is 14.4. The minimum atomic E-state index is -4.63. The topological polar surface area (TPSA) is 83.1 Å². The van der Waals surface area contributed by atoms with E-state index >= 15 is 0 Å². The van der Waals surface area contributed by atoms with Crippen molar-refractivity contribution in [2.45, 2.75) is 18.6 Å². The summed E-state index contributed by atoms with van der Waals surface area (Å²) in [6.07, 6.45) is 2.82. The minimum absolute atomic E-state index is 0.194. The average Bonchev–Trinajstić information content (AvgIpc) is 2.70. The van der Waals surface area contributed by atoms with E-state index < -0.39 is 15.3 Å². The Labute approximate surface area is 117 Å². The summed E-state index contributed by atoms with van der Waals surface area (Å²) in [4.78, 5) is 12.1. The Hall–Kier alpha value is -1.99. The SMILES string of the molecule is Cc1ccc(C(=O)C[n+]2ccn(C)c2S(=O)(=O)[O-])cc1. The summed E-state index contributed by atoms with van der Waals surface area (Å²) in [7, 11) is -3.19. The van der Waals surface area contributed by atoms with Crippen LogP contribution in [0.3, 0.4) is 0 Å². The molecule has 0 aliphatic heterocycles. The lowest BCUT2D eigenvalue weighted by molar-refractivity contribution is -0.721. The van der Waals surface area contributed by atoms with Crippen molar-refractivity contribution < 1.29 is 22.3 Å². The lowest BCUT2D eigenvalue weighted by Crippen LogP contribution is -2.42. The van der Waals surface area contributed by atoms with E-state index in [4.69, 9.17) is 0 Å². The number of Topliss-reactive ketones (excluding diaryl/α,β-unsaturated/α-hetero) is 1. The van der Waals surface area contributed by atoms with Crippen molar-refractivity contribution in [3.8, 4) is 0 Å². The molecular formula is C13H14N2O4S. The van der Waals surface area contributed by atoms with E-state index in [1.165, 1.54) is 24.0 Å². The van der Waals surface area contributed by atoms with Crippen LogP contribution in [-0.4, -0.2) is 23.3 Å². The summed E-state index contributed by atoms with van der Waals surface area (Å²) in [5.74, 6) is -0.258. The molecule has 0 saturated carbocycles. The molecule has 0 bridgehead atoms. The number of imidazole rings is 1. The van der Waals surface area contributed by atoms with Crippen LogP contribution < -0.4 is 4.57 Å². The molecule has 106 valence electrons. The quantitative estimate of drug-likeness (QED) is 0.464. The molecule has 6 nitrogen and oxygen atoms in total. The Bertz CT molecular complexity index is 745. The lowest BCUT2D eigenvalue weighted by atomic mass is 10.1. The van der Waals surface area contributed by atoms with Crippen LogP contribution >= 0.6 is 0 Å². The van der Waals surface area contributed by atoms with Crippen molar-refractivity contribution in [2.75, 3.05) is 0 Å². The van der Waals surface area contributed by atoms with Gasteiger partial charge in [0.15, 0.2) is 6.54 Å². The molecule has 0 amide bonds. The Morgan fingerprint density at radius 2 is 1.90 bits per heavy atom. The molecule has 0 fully saturated rings. The molecule has 0 radical (unpaired) electrons. The van der Waals surface area contributed by atoms with Crippen molar-refractivity contribution in [3.05, 3.63) is 47.8 Å². The van der Waals surface area contributed by atoms with Crippen molar-refractivity contribution in [1.82, 2.24) is 4.57 Å². The van der Waals surface area contributed by atoms with Crippen LogP contribution in [-0.2, 0) is 23.7 Å². The zero-order valence-electron chi connectivity index (χ0n) is 11.1. The first-order valence-electron chi connectivity index (χ1n) is 5.89. The fraction of sp³-hybridized carbons (Fsp3) is 0.231. The molecule has 0 unspecified atom stereocenters. The summed E-state index contributed by atoms with van der Waals surface area (Å²) in [6, 6.07) is 6.95. The first-order valence-corrected chi connectivity index (χ1v) is 7.30. The highest BCUT2D eigenvalue weighted by molar-refractivity contribution is 7.85. The molecule has 0 aliphatic rings. The summed E-state index contributed by atoms with van der Waals surface area (Å²) in [5.41, 5.74) is 1.50. The maximum absolute atomic E-state index is 12.1. The number of benzene rings is 1. The van der Waals surface area contributed by atoms with Gasteiger partial charge in [-0.25, -0.2) is 17.6 Å². The Kier molecular flexibility index (Phi) is 3.74. The van der Waals surface area contributed by atoms with E-state index in [2.05, 4.69) is 0 Å². The largest absolute Gasteiger partial charge is 0.738 e. The zero-order valence-corrected chi connectivity index (χ0v) is 11.9. The number of rotatable bonds is 4. The third kappa shape index (κ3) is 2.94. The first-order chi connectivity index (χ1) is 9.29. The molecule has 0 aliphatic carbocycles. The van der Waals surface area contributed by atoms with Gasteiger partial charge in [-0.3, -0.25) is 4.79 Å². The molecule has 1 aromatic heterocycles. The highest BCUT2D eigenvalue weighted by Gasteiger charge is 2.23. The standard InChI is InChI=1S/C13H14N2O4S/c1-10-3-5-11(6-4-10)12(16)9-15-8-7-14(2)13(15)20(17,18)19/h3-8H,9H2,1-2H3. The lowest BCUT2D eigenvalue weighted by Gasteiger charge is -2.06. The van der Waals surface area contributed by atoms with Gasteiger partial charge in [0.05, 0.1) is 7.05 Å². The van der Waals surface area contributed by atoms with Gasteiger partial charge in [-0.1, -0.05) is 29.8 Å². The molecule has 1 aromatic carbocycles. The van der Waals surface area contributed by atoms with Gasteiger partial charge in [-0.05, 0) is 6.92 Å². The molecule has 7 heteroatoms. The second kappa shape index (κ2) is 5.18. The van der Waals surface area contributed by atoms with Gasteiger partial charge in [-0.2, -0.15) is 0 Å². The van der Waals surface area contributed by atoms with Gasteiger partial charge < -0.3 is 4.55 Å². The molecule has 0 N–H and O–H groups in total. The molecular weight excluding hydrogens is 280 g/mol. The number of carbonyl (C=O) groups excluding carboxylic acids is 1. The number of aryl methyl sites for hydroxylation is 2. The fourth-order valence-electron chi connectivity index (χ4n) is 1.94. The molecule has 2 rings (SSSR count). The van der Waals surface area contributed by atoms with Crippen molar-refractivity contribution in [2.24, 2.45) is 7.05 Å². The predicted molar refractivity (Wildman–Crippen MR) is 69.1 cm³/mol. The van der Waals surface area contributed by atoms with Gasteiger partial charge in [0, 0.05) is 5.56 Å². The van der Waals surface area contributed by atoms with Crippen LogP contribution in [0, 0.1) is 6.92 Å². The van der Waals surface area contributed by atoms with E-state index in [0.717, 1.165) is 10.1 Å². The summed E-state index contributed by atoms with van der Waals surface area (Å²) in [5, 5.41) is -0.432. The van der Waals surface area contributed by atoms with E-state index in [-0.39, 0.29) is 12.3 Å². The van der Waals surface area contributed by atoms with Crippen molar-refractivity contribution in [3.63, 3.8) is 0 Å². The third-order valence-electron chi connectivity index (χ3n) is 2.93. The Morgan fingerprint density at radius 1 is 1.30 bits per heavy atom. The number of carbonyl (C=O) groups is 1. The zero-order chi connectivity index (χ0) is 14.9. The Morgan fingerprint density at radius 3 is 2.45 bits per heavy atom. The maximum atomic E-state index is 12.1. The number of hydrogen-bond donors (Lipinski definition) is 0. The summed E-state index contributed by atoms with van der Waals surface area (Å²) in [6.45, 7) is 1.71. The fourth-order valence-corrected chi connectivity index (χ4v) is 2.76. The van der Waals surface area contributed by atoms with E-state index in [1.54, 1.807) is 24.3 Å². The normalized spacial score (nSPS) is 11.6. The molecule has 0 saturated heterocycles. The average molecular weight is 294 g/mol. The maximum Gasteiger partial charge on any atom is 0.363 e. The molecule has 0 spiro atoms. The highest BCUT2D eigenvalue weighted by atomic mass is 32.2. The molecule has 0 atom stereocenters. The minimum Gasteiger partial charge on any atom is -0.738 e. The predicted octanol–water partition coefficient (Wildman–Crippen LogP) is 0.408. The second-order valence-electron chi connectivity index (χ2n) is 4.56. The van der Waals surface area contributed by atoms with Gasteiger partial charge >= 0.3 is 5.16 Å². The number of ketones is 1. The number of aromatic nitrogens is 2. The van der Waals surface area contributed by atoms with Crippen molar-refractivity contribution >= 4 is 15.9 Å². The number of hydrogen-bond acceptors (Lipinski definition) is 4. The van der Waals surface area contributed by atoms with Gasteiger partial charge in [0.1, 0.15) is 12.4 Å².